The molecule has 2 aliphatic heterocycles. The molecule has 0 spiro atoms. The third-order valence-electron chi connectivity index (χ3n) is 5.83. The highest BCUT2D eigenvalue weighted by Crippen LogP contribution is 2.29. The van der Waals surface area contributed by atoms with Gasteiger partial charge in [-0.15, -0.1) is 0 Å². The van der Waals surface area contributed by atoms with E-state index in [-0.39, 0.29) is 59.9 Å². The van der Waals surface area contributed by atoms with E-state index < -0.39 is 11.8 Å². The molecule has 0 saturated heterocycles. The van der Waals surface area contributed by atoms with E-state index in [2.05, 4.69) is 49.0 Å². The first kappa shape index (κ1) is 26.8. The van der Waals surface area contributed by atoms with Gasteiger partial charge in [0.15, 0.2) is 0 Å². The van der Waals surface area contributed by atoms with Gasteiger partial charge in [0.25, 0.3) is 11.8 Å². The van der Waals surface area contributed by atoms with Gasteiger partial charge in [-0.2, -0.15) is 0 Å². The molecule has 8 nitrogen and oxygen atoms in total. The second kappa shape index (κ2) is 12.3. The molecule has 1 N–H and O–H groups in total. The van der Waals surface area contributed by atoms with E-state index in [1.807, 2.05) is 48.5 Å². The molecule has 2 heterocycles. The van der Waals surface area contributed by atoms with Crippen molar-refractivity contribution in [2.24, 2.45) is 0 Å². The molecule has 2 aliphatic rings. The van der Waals surface area contributed by atoms with Crippen LogP contribution < -0.4 is 10.2 Å². The minimum atomic E-state index is -0.430. The van der Waals surface area contributed by atoms with Gasteiger partial charge < -0.3 is 15.0 Å². The summed E-state index contributed by atoms with van der Waals surface area (Å²) in [5.41, 5.74) is 3.38. The number of para-hydroxylation sites is 1. The van der Waals surface area contributed by atoms with Crippen molar-refractivity contribution in [3.8, 4) is 11.8 Å². The molecule has 10 heteroatoms. The minimum absolute atomic E-state index is 0.0861. The van der Waals surface area contributed by atoms with Gasteiger partial charge in [0.05, 0.1) is 32.0 Å². The number of hydrogen-bond acceptors (Lipinski definition) is 5. The van der Waals surface area contributed by atoms with Gasteiger partial charge in [-0.05, 0) is 55.6 Å². The number of benzene rings is 2. The molecular weight excluding hydrogens is 606 g/mol. The second-order valence-electron chi connectivity index (χ2n) is 8.26. The number of anilines is 1. The van der Waals surface area contributed by atoms with Gasteiger partial charge in [-0.1, -0.05) is 42.2 Å². The van der Waals surface area contributed by atoms with Crippen molar-refractivity contribution in [1.82, 2.24) is 10.2 Å². The van der Waals surface area contributed by atoms with Gasteiger partial charge in [0.1, 0.15) is 8.96 Å². The van der Waals surface area contributed by atoms with Crippen LogP contribution in [0.5, 0.6) is 0 Å². The lowest BCUT2D eigenvalue weighted by Gasteiger charge is -2.26. The number of carbonyl (C=O) groups excluding carboxylic acids is 4. The number of imide groups is 1. The monoisotopic (exact) mass is 627 g/mol. The Morgan fingerprint density at radius 2 is 1.54 bits per heavy atom. The van der Waals surface area contributed by atoms with Crippen molar-refractivity contribution >= 4 is 61.2 Å². The van der Waals surface area contributed by atoms with E-state index in [1.54, 1.807) is 4.90 Å². The molecular formula is C27H23Br2N3O5. The molecule has 0 fully saturated rings. The zero-order valence-corrected chi connectivity index (χ0v) is 22.9. The summed E-state index contributed by atoms with van der Waals surface area (Å²) < 4.78 is 5.78. The maximum absolute atomic E-state index is 13.2. The van der Waals surface area contributed by atoms with Crippen LogP contribution in [0, 0.1) is 11.8 Å². The highest BCUT2D eigenvalue weighted by atomic mass is 79.9. The topological polar surface area (TPSA) is 96.0 Å². The number of rotatable bonds is 9. The van der Waals surface area contributed by atoms with Gasteiger partial charge in [0.2, 0.25) is 11.8 Å². The van der Waals surface area contributed by atoms with Crippen LogP contribution >= 0.6 is 31.9 Å². The van der Waals surface area contributed by atoms with E-state index >= 15 is 0 Å². The summed E-state index contributed by atoms with van der Waals surface area (Å²) >= 11 is 6.14. The van der Waals surface area contributed by atoms with Crippen LogP contribution in [0.15, 0.2) is 57.5 Å². The Balaban J connectivity index is 1.22. The standard InChI is InChI=1S/C27H23Br2N3O5/c28-24-25(29)27(36)31(26(24)35)14-16-37-15-12-22(33)30-13-11-23(34)32-17-20-7-2-1-5-18(20)9-10-19-6-3-4-8-21(19)32/h1-8H,11-17H2,(H,30,33). The Hall–Kier alpha value is -3.26. The van der Waals surface area contributed by atoms with Crippen LogP contribution in [0.2, 0.25) is 0 Å². The molecule has 0 radical (unpaired) electrons. The fourth-order valence-corrected chi connectivity index (χ4v) is 4.65. The van der Waals surface area contributed by atoms with E-state index in [4.69, 9.17) is 4.74 Å². The lowest BCUT2D eigenvalue weighted by atomic mass is 10.0. The third kappa shape index (κ3) is 6.36. The molecule has 190 valence electrons. The summed E-state index contributed by atoms with van der Waals surface area (Å²) in [7, 11) is 0. The fraction of sp³-hybridized carbons (Fsp3) is 0.259. The number of fused-ring (bicyclic) bond motifs is 2. The Bertz CT molecular complexity index is 1320. The third-order valence-corrected chi connectivity index (χ3v) is 7.83. The minimum Gasteiger partial charge on any atom is -0.379 e. The molecule has 37 heavy (non-hydrogen) atoms. The zero-order chi connectivity index (χ0) is 26.4. The summed E-state index contributed by atoms with van der Waals surface area (Å²) in [6, 6.07) is 15.3. The maximum atomic E-state index is 13.2. The zero-order valence-electron chi connectivity index (χ0n) is 19.8. The number of carbonyl (C=O) groups is 4. The summed E-state index contributed by atoms with van der Waals surface area (Å²) in [6.07, 6.45) is 0.226. The van der Waals surface area contributed by atoms with Crippen LogP contribution in [0.25, 0.3) is 0 Å². The highest BCUT2D eigenvalue weighted by Gasteiger charge is 2.35. The van der Waals surface area contributed by atoms with Crippen molar-refractivity contribution in [2.45, 2.75) is 19.4 Å². The van der Waals surface area contributed by atoms with E-state index in [0.717, 1.165) is 27.3 Å². The molecule has 2 aromatic rings. The second-order valence-corrected chi connectivity index (χ2v) is 9.84. The van der Waals surface area contributed by atoms with Crippen molar-refractivity contribution < 1.29 is 23.9 Å². The number of amides is 4. The van der Waals surface area contributed by atoms with Gasteiger partial charge >= 0.3 is 0 Å². The normalized spacial score (nSPS) is 14.4. The molecule has 0 atom stereocenters. The Labute approximate surface area is 231 Å². The molecule has 4 rings (SSSR count). The quantitative estimate of drug-likeness (QED) is 0.261. The van der Waals surface area contributed by atoms with Gasteiger partial charge in [0, 0.05) is 30.5 Å². The first-order valence-electron chi connectivity index (χ1n) is 11.6. The molecule has 4 amide bonds. The van der Waals surface area contributed by atoms with Crippen LogP contribution in [-0.2, 0) is 30.5 Å². The average molecular weight is 629 g/mol. The Morgan fingerprint density at radius 3 is 2.30 bits per heavy atom. The van der Waals surface area contributed by atoms with Crippen molar-refractivity contribution in [3.05, 3.63) is 74.2 Å². The summed E-state index contributed by atoms with van der Waals surface area (Å²) in [5.74, 6) is 5.13. The predicted molar refractivity (Wildman–Crippen MR) is 145 cm³/mol. The van der Waals surface area contributed by atoms with Crippen molar-refractivity contribution in [3.63, 3.8) is 0 Å². The lowest BCUT2D eigenvalue weighted by molar-refractivity contribution is -0.138. The first-order chi connectivity index (χ1) is 17.9. The summed E-state index contributed by atoms with van der Waals surface area (Å²) in [4.78, 5) is 52.1. The van der Waals surface area contributed by atoms with E-state index in [0.29, 0.717) is 6.54 Å². The maximum Gasteiger partial charge on any atom is 0.269 e. The van der Waals surface area contributed by atoms with Crippen molar-refractivity contribution in [1.29, 1.82) is 0 Å². The summed E-state index contributed by atoms with van der Waals surface area (Å²) in [6.45, 7) is 0.910. The molecule has 0 saturated carbocycles. The lowest BCUT2D eigenvalue weighted by Crippen LogP contribution is -2.35. The SMILES string of the molecule is O=C(CCOCCN1C(=O)C(Br)=C(Br)C1=O)NCCC(=O)N1Cc2ccccc2C#Cc2ccccc21. The average Bonchev–Trinajstić information content (AvgIpc) is 3.07. The summed E-state index contributed by atoms with van der Waals surface area (Å²) in [5, 5.41) is 2.75. The predicted octanol–water partition coefficient (Wildman–Crippen LogP) is 3.22. The van der Waals surface area contributed by atoms with Crippen LogP contribution in [-0.4, -0.2) is 54.8 Å². The Kier molecular flexibility index (Phi) is 8.92. The molecule has 0 bridgehead atoms. The van der Waals surface area contributed by atoms with Gasteiger partial charge in [-0.3, -0.25) is 24.1 Å². The Morgan fingerprint density at radius 1 is 0.892 bits per heavy atom. The number of nitrogens with one attached hydrogen (secondary N) is 1. The largest absolute Gasteiger partial charge is 0.379 e. The van der Waals surface area contributed by atoms with E-state index in [9.17, 15) is 19.2 Å². The number of halogens is 2. The smallest absolute Gasteiger partial charge is 0.269 e. The van der Waals surface area contributed by atoms with Crippen LogP contribution in [0.4, 0.5) is 5.69 Å². The van der Waals surface area contributed by atoms with Crippen LogP contribution in [0.1, 0.15) is 29.5 Å². The van der Waals surface area contributed by atoms with E-state index in [1.165, 1.54) is 0 Å². The number of hydrogen-bond donors (Lipinski definition) is 1. The number of nitrogens with zero attached hydrogens (tertiary/aromatic N) is 2. The highest BCUT2D eigenvalue weighted by molar-refractivity contribution is 9.14. The van der Waals surface area contributed by atoms with Crippen molar-refractivity contribution in [2.75, 3.05) is 31.2 Å². The first-order valence-corrected chi connectivity index (χ1v) is 13.2. The van der Waals surface area contributed by atoms with Gasteiger partial charge in [-0.25, -0.2) is 0 Å². The van der Waals surface area contributed by atoms with Crippen LogP contribution in [0.3, 0.4) is 0 Å². The number of ether oxygens (including phenoxy) is 1. The molecule has 0 aromatic heterocycles. The fourth-order valence-electron chi connectivity index (χ4n) is 3.88. The molecule has 2 aromatic carbocycles. The molecule has 0 unspecified atom stereocenters. The molecule has 0 aliphatic carbocycles.